The average molecular weight is 296 g/mol. The number of aldehydes is 1. The van der Waals surface area contributed by atoms with E-state index in [2.05, 4.69) is 25.3 Å². The zero-order valence-corrected chi connectivity index (χ0v) is 11.4. The number of hydrogen-bond acceptors (Lipinski definition) is 7. The molecule has 8 nitrogen and oxygen atoms in total. The van der Waals surface area contributed by atoms with Gasteiger partial charge in [0.25, 0.3) is 5.56 Å². The van der Waals surface area contributed by atoms with Crippen molar-refractivity contribution in [2.75, 3.05) is 11.1 Å². The number of carbonyl (C=O) groups excluding carboxylic acids is 1. The number of nitrogens with zero attached hydrogens (tertiary/aromatic N) is 3. The molecule has 0 spiro atoms. The summed E-state index contributed by atoms with van der Waals surface area (Å²) in [5.41, 5.74) is 7.40. The Bertz CT molecular complexity index is 888. The van der Waals surface area contributed by atoms with Crippen LogP contribution in [0.5, 0.6) is 0 Å². The summed E-state index contributed by atoms with van der Waals surface area (Å²) in [4.78, 5) is 37.0. The molecule has 8 heteroatoms. The molecular formula is C14H12N6O2. The maximum absolute atomic E-state index is 11.8. The lowest BCUT2D eigenvalue weighted by molar-refractivity contribution is 0.112. The van der Waals surface area contributed by atoms with Gasteiger partial charge in [-0.05, 0) is 24.3 Å². The number of nitrogen functional groups attached to an aromatic ring is 1. The van der Waals surface area contributed by atoms with Crippen LogP contribution < -0.4 is 16.6 Å². The number of benzene rings is 1. The summed E-state index contributed by atoms with van der Waals surface area (Å²) in [6, 6.07) is 6.98. The van der Waals surface area contributed by atoms with Crippen LogP contribution in [0.25, 0.3) is 11.2 Å². The molecule has 0 unspecified atom stereocenters. The van der Waals surface area contributed by atoms with Gasteiger partial charge in [-0.15, -0.1) is 0 Å². The topological polar surface area (TPSA) is 127 Å². The highest BCUT2D eigenvalue weighted by atomic mass is 16.1. The van der Waals surface area contributed by atoms with Gasteiger partial charge in [-0.25, -0.2) is 9.97 Å². The summed E-state index contributed by atoms with van der Waals surface area (Å²) < 4.78 is 0. The first-order valence-corrected chi connectivity index (χ1v) is 6.46. The third kappa shape index (κ3) is 2.75. The molecule has 0 amide bonds. The Morgan fingerprint density at radius 2 is 2.00 bits per heavy atom. The molecule has 0 aliphatic carbocycles. The van der Waals surface area contributed by atoms with Crippen molar-refractivity contribution in [3.8, 4) is 0 Å². The SMILES string of the molecule is Nc1nc2ncc(CNc3ccc(C=O)cc3)nc2c(=O)[nH]1. The second kappa shape index (κ2) is 5.60. The van der Waals surface area contributed by atoms with Crippen LogP contribution in [0.15, 0.2) is 35.3 Å². The van der Waals surface area contributed by atoms with Gasteiger partial charge in [0.15, 0.2) is 11.2 Å². The van der Waals surface area contributed by atoms with E-state index < -0.39 is 5.56 Å². The monoisotopic (exact) mass is 296 g/mol. The van der Waals surface area contributed by atoms with E-state index in [1.54, 1.807) is 24.3 Å². The zero-order chi connectivity index (χ0) is 15.5. The Morgan fingerprint density at radius 3 is 2.73 bits per heavy atom. The lowest BCUT2D eigenvalue weighted by atomic mass is 10.2. The van der Waals surface area contributed by atoms with E-state index in [4.69, 9.17) is 5.73 Å². The van der Waals surface area contributed by atoms with Crippen molar-refractivity contribution >= 4 is 29.1 Å². The first-order valence-electron chi connectivity index (χ1n) is 6.46. The number of aromatic nitrogens is 4. The van der Waals surface area contributed by atoms with Crippen LogP contribution in [0.3, 0.4) is 0 Å². The molecule has 1 aromatic carbocycles. The molecule has 0 atom stereocenters. The van der Waals surface area contributed by atoms with E-state index in [1.165, 1.54) is 6.20 Å². The molecule has 0 aliphatic rings. The summed E-state index contributed by atoms with van der Waals surface area (Å²) in [7, 11) is 0. The Labute approximate surface area is 124 Å². The Hall–Kier alpha value is -3.29. The van der Waals surface area contributed by atoms with Gasteiger partial charge in [-0.3, -0.25) is 14.6 Å². The van der Waals surface area contributed by atoms with Gasteiger partial charge < -0.3 is 11.1 Å². The van der Waals surface area contributed by atoms with E-state index in [9.17, 15) is 9.59 Å². The highest BCUT2D eigenvalue weighted by molar-refractivity contribution is 5.75. The van der Waals surface area contributed by atoms with Crippen LogP contribution in [0.2, 0.25) is 0 Å². The standard InChI is InChI=1S/C14H12N6O2/c15-14-19-12-11(13(22)20-14)18-10(6-17-12)5-16-9-3-1-8(7-21)2-4-9/h1-4,6-7,16H,5H2,(H3,15,17,19,20,22). The van der Waals surface area contributed by atoms with Gasteiger partial charge in [-0.2, -0.15) is 4.98 Å². The Morgan fingerprint density at radius 1 is 1.23 bits per heavy atom. The molecule has 0 fully saturated rings. The van der Waals surface area contributed by atoms with Crippen LogP contribution >= 0.6 is 0 Å². The fourth-order valence-electron chi connectivity index (χ4n) is 1.93. The van der Waals surface area contributed by atoms with E-state index in [-0.39, 0.29) is 17.1 Å². The van der Waals surface area contributed by atoms with Crippen LogP contribution in [-0.4, -0.2) is 26.2 Å². The van der Waals surface area contributed by atoms with Crippen molar-refractivity contribution in [2.45, 2.75) is 6.54 Å². The minimum atomic E-state index is -0.424. The van der Waals surface area contributed by atoms with Crippen molar-refractivity contribution in [1.82, 2.24) is 19.9 Å². The lowest BCUT2D eigenvalue weighted by Gasteiger charge is -2.06. The fourth-order valence-corrected chi connectivity index (χ4v) is 1.93. The largest absolute Gasteiger partial charge is 0.379 e. The number of hydrogen-bond donors (Lipinski definition) is 3. The van der Waals surface area contributed by atoms with Crippen LogP contribution in [0.1, 0.15) is 16.1 Å². The molecular weight excluding hydrogens is 284 g/mol. The summed E-state index contributed by atoms with van der Waals surface area (Å²) in [6.45, 7) is 0.382. The van der Waals surface area contributed by atoms with Crippen molar-refractivity contribution in [2.24, 2.45) is 0 Å². The van der Waals surface area contributed by atoms with Gasteiger partial charge in [0.1, 0.15) is 6.29 Å². The molecule has 110 valence electrons. The van der Waals surface area contributed by atoms with Crippen molar-refractivity contribution in [3.63, 3.8) is 0 Å². The molecule has 4 N–H and O–H groups in total. The zero-order valence-electron chi connectivity index (χ0n) is 11.4. The normalized spacial score (nSPS) is 10.5. The molecule has 0 saturated heterocycles. The molecule has 0 aliphatic heterocycles. The fraction of sp³-hybridized carbons (Fsp3) is 0.0714. The van der Waals surface area contributed by atoms with Crippen LogP contribution in [-0.2, 0) is 6.54 Å². The molecule has 3 rings (SSSR count). The molecule has 22 heavy (non-hydrogen) atoms. The third-order valence-corrected chi connectivity index (χ3v) is 3.01. The maximum Gasteiger partial charge on any atom is 0.280 e. The van der Waals surface area contributed by atoms with Gasteiger partial charge in [0.2, 0.25) is 5.95 Å². The number of carbonyl (C=O) groups is 1. The molecule has 0 bridgehead atoms. The van der Waals surface area contributed by atoms with Crippen molar-refractivity contribution in [3.05, 3.63) is 52.1 Å². The quantitative estimate of drug-likeness (QED) is 0.605. The molecule has 3 aromatic rings. The number of nitrogens with two attached hydrogens (primary N) is 1. The number of H-pyrrole nitrogens is 1. The Kier molecular flexibility index (Phi) is 3.48. The highest BCUT2D eigenvalue weighted by Gasteiger charge is 2.06. The molecule has 0 radical (unpaired) electrons. The average Bonchev–Trinajstić information content (AvgIpc) is 2.53. The Balaban J connectivity index is 1.81. The van der Waals surface area contributed by atoms with Gasteiger partial charge in [-0.1, -0.05) is 0 Å². The van der Waals surface area contributed by atoms with Crippen molar-refractivity contribution in [1.29, 1.82) is 0 Å². The highest BCUT2D eigenvalue weighted by Crippen LogP contribution is 2.10. The molecule has 2 aromatic heterocycles. The first-order chi connectivity index (χ1) is 10.7. The number of anilines is 2. The maximum atomic E-state index is 11.8. The van der Waals surface area contributed by atoms with Gasteiger partial charge in [0, 0.05) is 11.3 Å². The second-order valence-corrected chi connectivity index (χ2v) is 4.58. The van der Waals surface area contributed by atoms with Crippen molar-refractivity contribution < 1.29 is 4.79 Å². The number of aromatic amines is 1. The summed E-state index contributed by atoms with van der Waals surface area (Å²) in [6.07, 6.45) is 2.31. The number of rotatable bonds is 4. The number of nitrogens with one attached hydrogen (secondary N) is 2. The smallest absolute Gasteiger partial charge is 0.280 e. The third-order valence-electron chi connectivity index (χ3n) is 3.01. The minimum Gasteiger partial charge on any atom is -0.379 e. The number of fused-ring (bicyclic) bond motifs is 1. The van der Waals surface area contributed by atoms with Crippen LogP contribution in [0.4, 0.5) is 11.6 Å². The molecule has 2 heterocycles. The van der Waals surface area contributed by atoms with Crippen LogP contribution in [0, 0.1) is 0 Å². The van der Waals surface area contributed by atoms with E-state index in [1.807, 2.05) is 0 Å². The van der Waals surface area contributed by atoms with E-state index in [0.29, 0.717) is 17.8 Å². The second-order valence-electron chi connectivity index (χ2n) is 4.58. The summed E-state index contributed by atoms with van der Waals surface area (Å²) >= 11 is 0. The predicted octanol–water partition coefficient (Wildman–Crippen LogP) is 0.720. The van der Waals surface area contributed by atoms with E-state index in [0.717, 1.165) is 12.0 Å². The molecule has 0 saturated carbocycles. The predicted molar refractivity (Wildman–Crippen MR) is 81.5 cm³/mol. The van der Waals surface area contributed by atoms with E-state index >= 15 is 0 Å². The summed E-state index contributed by atoms with van der Waals surface area (Å²) in [5.74, 6) is 0.00735. The lowest BCUT2D eigenvalue weighted by Crippen LogP contribution is -2.15. The van der Waals surface area contributed by atoms with Gasteiger partial charge in [0.05, 0.1) is 18.4 Å². The summed E-state index contributed by atoms with van der Waals surface area (Å²) in [5, 5.41) is 3.13. The van der Waals surface area contributed by atoms with Gasteiger partial charge >= 0.3 is 0 Å². The minimum absolute atomic E-state index is 0.00735. The first kappa shape index (κ1) is 13.7.